The van der Waals surface area contributed by atoms with Gasteiger partial charge in [-0.3, -0.25) is 0 Å². The number of fused-ring (bicyclic) bond motifs is 1. The van der Waals surface area contributed by atoms with Crippen molar-refractivity contribution in [3.63, 3.8) is 0 Å². The Balaban J connectivity index is 2.44. The maximum atomic E-state index is 4.60. The number of aryl methyl sites for hydroxylation is 1. The molecule has 0 saturated carbocycles. The lowest BCUT2D eigenvalue weighted by Gasteiger charge is -2.06. The number of hydrogen-bond acceptors (Lipinski definition) is 2. The van der Waals surface area contributed by atoms with Crippen LogP contribution in [0, 0.1) is 6.92 Å². The lowest BCUT2D eigenvalue weighted by atomic mass is 9.99. The lowest BCUT2D eigenvalue weighted by Crippen LogP contribution is -1.93. The molecule has 1 atom stereocenters. The van der Waals surface area contributed by atoms with E-state index in [1.54, 1.807) is 11.5 Å². The Kier molecular flexibility index (Phi) is 3.06. The molecule has 0 radical (unpaired) electrons. The summed E-state index contributed by atoms with van der Waals surface area (Å²) >= 11 is 1.63. The van der Waals surface area contributed by atoms with Crippen LogP contribution >= 0.6 is 11.5 Å². The van der Waals surface area contributed by atoms with Crippen molar-refractivity contribution in [2.45, 2.75) is 39.5 Å². The van der Waals surface area contributed by atoms with Gasteiger partial charge in [-0.1, -0.05) is 32.4 Å². The molecule has 0 amide bonds. The highest BCUT2D eigenvalue weighted by Gasteiger charge is 2.12. The summed E-state index contributed by atoms with van der Waals surface area (Å²) in [6.45, 7) is 6.64. The molecule has 2 rings (SSSR count). The second-order valence-corrected chi connectivity index (χ2v) is 5.06. The smallest absolute Gasteiger partial charge is 0.0648 e. The molecular weight excluding hydrogens is 202 g/mol. The maximum Gasteiger partial charge on any atom is 0.0648 e. The van der Waals surface area contributed by atoms with Crippen molar-refractivity contribution < 1.29 is 0 Å². The van der Waals surface area contributed by atoms with Crippen LogP contribution in [0.5, 0.6) is 0 Å². The van der Waals surface area contributed by atoms with E-state index in [0.717, 1.165) is 0 Å². The van der Waals surface area contributed by atoms with E-state index in [2.05, 4.69) is 43.3 Å². The van der Waals surface area contributed by atoms with Crippen LogP contribution in [0.3, 0.4) is 0 Å². The summed E-state index contributed by atoms with van der Waals surface area (Å²) in [5, 5.41) is 1.35. The van der Waals surface area contributed by atoms with E-state index in [0.29, 0.717) is 5.92 Å². The minimum atomic E-state index is 0.589. The number of hydrogen-bond donors (Lipinski definition) is 0. The molecule has 2 heteroatoms. The Hall–Kier alpha value is -0.890. The Bertz CT molecular complexity index is 459. The minimum absolute atomic E-state index is 0.589. The molecule has 1 unspecified atom stereocenters. The highest BCUT2D eigenvalue weighted by Crippen LogP contribution is 2.30. The fourth-order valence-electron chi connectivity index (χ4n) is 1.99. The highest BCUT2D eigenvalue weighted by atomic mass is 32.1. The normalized spacial score (nSPS) is 13.3. The van der Waals surface area contributed by atoms with Crippen molar-refractivity contribution in [1.82, 2.24) is 4.37 Å². The standard InChI is InChI=1S/C13H17NS/c1-4-5-10(3)13-11-7-6-9(2)8-12(11)15-14-13/h6-8,10H,4-5H2,1-3H3. The summed E-state index contributed by atoms with van der Waals surface area (Å²) < 4.78 is 5.92. The largest absolute Gasteiger partial charge is 0.196 e. The average Bonchev–Trinajstić information content (AvgIpc) is 2.60. The van der Waals surface area contributed by atoms with Crippen molar-refractivity contribution in [3.05, 3.63) is 29.5 Å². The van der Waals surface area contributed by atoms with E-state index in [4.69, 9.17) is 0 Å². The van der Waals surface area contributed by atoms with Gasteiger partial charge in [-0.15, -0.1) is 0 Å². The Labute approximate surface area is 95.3 Å². The van der Waals surface area contributed by atoms with Gasteiger partial charge in [0, 0.05) is 11.3 Å². The van der Waals surface area contributed by atoms with Gasteiger partial charge in [-0.25, -0.2) is 0 Å². The molecule has 80 valence electrons. The molecule has 0 aliphatic carbocycles. The van der Waals surface area contributed by atoms with Crippen LogP contribution in [-0.4, -0.2) is 4.37 Å². The van der Waals surface area contributed by atoms with Gasteiger partial charge >= 0.3 is 0 Å². The zero-order valence-electron chi connectivity index (χ0n) is 9.58. The fraction of sp³-hybridized carbons (Fsp3) is 0.462. The molecule has 15 heavy (non-hydrogen) atoms. The van der Waals surface area contributed by atoms with E-state index < -0.39 is 0 Å². The Morgan fingerprint density at radius 1 is 1.40 bits per heavy atom. The zero-order chi connectivity index (χ0) is 10.8. The average molecular weight is 219 g/mol. The Morgan fingerprint density at radius 3 is 2.93 bits per heavy atom. The van der Waals surface area contributed by atoms with E-state index in [1.807, 2.05) is 0 Å². The molecule has 0 aliphatic rings. The predicted octanol–water partition coefficient (Wildman–Crippen LogP) is 4.51. The van der Waals surface area contributed by atoms with Crippen molar-refractivity contribution in [2.75, 3.05) is 0 Å². The van der Waals surface area contributed by atoms with Gasteiger partial charge < -0.3 is 0 Å². The molecule has 0 fully saturated rings. The van der Waals surface area contributed by atoms with Crippen LogP contribution in [0.2, 0.25) is 0 Å². The molecular formula is C13H17NS. The van der Waals surface area contributed by atoms with Crippen molar-refractivity contribution in [3.8, 4) is 0 Å². The van der Waals surface area contributed by atoms with E-state index in [-0.39, 0.29) is 0 Å². The first-order chi connectivity index (χ1) is 7.22. The molecule has 0 saturated heterocycles. The molecule has 0 bridgehead atoms. The third-order valence-electron chi connectivity index (χ3n) is 2.84. The first kappa shape index (κ1) is 10.6. The third kappa shape index (κ3) is 2.05. The van der Waals surface area contributed by atoms with Gasteiger partial charge in [0.15, 0.2) is 0 Å². The van der Waals surface area contributed by atoms with Crippen LogP contribution in [0.4, 0.5) is 0 Å². The van der Waals surface area contributed by atoms with Crippen molar-refractivity contribution in [2.24, 2.45) is 0 Å². The number of aromatic nitrogens is 1. The summed E-state index contributed by atoms with van der Waals surface area (Å²) in [5.41, 5.74) is 2.61. The summed E-state index contributed by atoms with van der Waals surface area (Å²) in [4.78, 5) is 0. The predicted molar refractivity (Wildman–Crippen MR) is 67.7 cm³/mol. The van der Waals surface area contributed by atoms with Gasteiger partial charge in [0.1, 0.15) is 0 Å². The Morgan fingerprint density at radius 2 is 2.20 bits per heavy atom. The molecule has 1 aromatic carbocycles. The quantitative estimate of drug-likeness (QED) is 0.740. The fourth-order valence-corrected chi connectivity index (χ4v) is 2.97. The monoisotopic (exact) mass is 219 g/mol. The van der Waals surface area contributed by atoms with Crippen LogP contribution in [0.1, 0.15) is 43.9 Å². The zero-order valence-corrected chi connectivity index (χ0v) is 10.4. The summed E-state index contributed by atoms with van der Waals surface area (Å²) in [7, 11) is 0. The summed E-state index contributed by atoms with van der Waals surface area (Å²) in [5.74, 6) is 0.589. The third-order valence-corrected chi connectivity index (χ3v) is 3.67. The molecule has 1 nitrogen and oxygen atoms in total. The molecule has 0 spiro atoms. The summed E-state index contributed by atoms with van der Waals surface area (Å²) in [6, 6.07) is 6.63. The SMILES string of the molecule is CCCC(C)c1nsc2cc(C)ccc12. The van der Waals surface area contributed by atoms with Crippen molar-refractivity contribution in [1.29, 1.82) is 0 Å². The van der Waals surface area contributed by atoms with Crippen LogP contribution in [0.25, 0.3) is 10.1 Å². The van der Waals surface area contributed by atoms with Crippen LogP contribution in [0.15, 0.2) is 18.2 Å². The van der Waals surface area contributed by atoms with Gasteiger partial charge in [0.2, 0.25) is 0 Å². The number of nitrogens with zero attached hydrogens (tertiary/aromatic N) is 1. The van der Waals surface area contributed by atoms with Gasteiger partial charge in [0.25, 0.3) is 0 Å². The van der Waals surface area contributed by atoms with Crippen LogP contribution in [-0.2, 0) is 0 Å². The van der Waals surface area contributed by atoms with Gasteiger partial charge in [0.05, 0.1) is 10.4 Å². The second-order valence-electron chi connectivity index (χ2n) is 4.26. The maximum absolute atomic E-state index is 4.60. The minimum Gasteiger partial charge on any atom is -0.196 e. The molecule has 1 heterocycles. The van der Waals surface area contributed by atoms with E-state index in [9.17, 15) is 0 Å². The number of benzene rings is 1. The second kappa shape index (κ2) is 4.31. The van der Waals surface area contributed by atoms with Crippen LogP contribution < -0.4 is 0 Å². The highest BCUT2D eigenvalue weighted by molar-refractivity contribution is 7.13. The lowest BCUT2D eigenvalue weighted by molar-refractivity contribution is 0.658. The van der Waals surface area contributed by atoms with Gasteiger partial charge in [-0.05, 0) is 36.5 Å². The molecule has 0 aliphatic heterocycles. The first-order valence-electron chi connectivity index (χ1n) is 5.58. The number of rotatable bonds is 3. The summed E-state index contributed by atoms with van der Waals surface area (Å²) in [6.07, 6.45) is 2.46. The van der Waals surface area contributed by atoms with E-state index >= 15 is 0 Å². The first-order valence-corrected chi connectivity index (χ1v) is 6.35. The molecule has 2 aromatic rings. The molecule has 0 N–H and O–H groups in total. The van der Waals surface area contributed by atoms with Crippen molar-refractivity contribution >= 4 is 21.6 Å². The van der Waals surface area contributed by atoms with E-state index in [1.165, 1.54) is 34.2 Å². The molecule has 1 aromatic heterocycles. The topological polar surface area (TPSA) is 12.9 Å². The van der Waals surface area contributed by atoms with Gasteiger partial charge in [-0.2, -0.15) is 4.37 Å².